The largest absolute Gasteiger partial charge is 0.383 e. The van der Waals surface area contributed by atoms with Crippen LogP contribution >= 0.6 is 0 Å². The van der Waals surface area contributed by atoms with Gasteiger partial charge in [-0.2, -0.15) is 0 Å². The number of hydrogen-bond donors (Lipinski definition) is 1. The van der Waals surface area contributed by atoms with Gasteiger partial charge in [-0.3, -0.25) is 0 Å². The van der Waals surface area contributed by atoms with Gasteiger partial charge in [0.2, 0.25) is 0 Å². The van der Waals surface area contributed by atoms with Crippen LogP contribution in [0.3, 0.4) is 0 Å². The summed E-state index contributed by atoms with van der Waals surface area (Å²) in [5, 5.41) is 0. The van der Waals surface area contributed by atoms with E-state index in [1.165, 1.54) is 12.1 Å². The minimum atomic E-state index is -0.246. The lowest BCUT2D eigenvalue weighted by Crippen LogP contribution is -2.28. The van der Waals surface area contributed by atoms with Crippen LogP contribution in [0.1, 0.15) is 25.5 Å². The number of anilines is 1. The zero-order valence-electron chi connectivity index (χ0n) is 10.7. The fourth-order valence-electron chi connectivity index (χ4n) is 1.83. The molecule has 1 aromatic rings. The molecular weight excluding hydrogens is 219 g/mol. The highest BCUT2D eigenvalue weighted by molar-refractivity contribution is 5.55. The van der Waals surface area contributed by atoms with Crippen molar-refractivity contribution in [2.24, 2.45) is 5.73 Å². The van der Waals surface area contributed by atoms with Gasteiger partial charge in [0.05, 0.1) is 6.61 Å². The fraction of sp³-hybridized carbons (Fsp3) is 0.538. The third kappa shape index (κ3) is 3.68. The first-order chi connectivity index (χ1) is 8.10. The normalized spacial score (nSPS) is 12.5. The van der Waals surface area contributed by atoms with Crippen LogP contribution in [-0.4, -0.2) is 26.8 Å². The summed E-state index contributed by atoms with van der Waals surface area (Å²) >= 11 is 0. The van der Waals surface area contributed by atoms with E-state index in [-0.39, 0.29) is 11.9 Å². The Labute approximate surface area is 102 Å². The Kier molecular flexibility index (Phi) is 5.38. The summed E-state index contributed by atoms with van der Waals surface area (Å²) < 4.78 is 18.3. The number of nitrogens with zero attached hydrogens (tertiary/aromatic N) is 1. The Morgan fingerprint density at radius 2 is 2.18 bits per heavy atom. The van der Waals surface area contributed by atoms with Gasteiger partial charge >= 0.3 is 0 Å². The van der Waals surface area contributed by atoms with E-state index in [0.717, 1.165) is 24.3 Å². The molecule has 0 fully saturated rings. The standard InChI is InChI=1S/C13H21FN2O/c1-4-16(7-8-17-3)13-6-5-11(14)9-12(13)10(2)15/h5-6,9-10H,4,7-8,15H2,1-3H3/t10-/m1/s1. The Balaban J connectivity index is 3.00. The minimum Gasteiger partial charge on any atom is -0.383 e. The second kappa shape index (κ2) is 6.57. The summed E-state index contributed by atoms with van der Waals surface area (Å²) in [5.74, 6) is -0.246. The number of likely N-dealkylation sites (N-methyl/N-ethyl adjacent to an activating group) is 1. The molecule has 0 spiro atoms. The lowest BCUT2D eigenvalue weighted by Gasteiger charge is -2.26. The van der Waals surface area contributed by atoms with Gasteiger partial charge in [-0.15, -0.1) is 0 Å². The van der Waals surface area contributed by atoms with E-state index in [4.69, 9.17) is 10.5 Å². The van der Waals surface area contributed by atoms with E-state index in [9.17, 15) is 4.39 Å². The average molecular weight is 240 g/mol. The van der Waals surface area contributed by atoms with Gasteiger partial charge in [-0.1, -0.05) is 0 Å². The van der Waals surface area contributed by atoms with E-state index in [0.29, 0.717) is 6.61 Å². The Morgan fingerprint density at radius 1 is 1.47 bits per heavy atom. The lowest BCUT2D eigenvalue weighted by molar-refractivity contribution is 0.205. The van der Waals surface area contributed by atoms with Gasteiger partial charge in [-0.05, 0) is 37.6 Å². The summed E-state index contributed by atoms with van der Waals surface area (Å²) in [7, 11) is 1.67. The highest BCUT2D eigenvalue weighted by Gasteiger charge is 2.13. The second-order valence-corrected chi connectivity index (χ2v) is 4.06. The van der Waals surface area contributed by atoms with Crippen LogP contribution in [0.5, 0.6) is 0 Å². The van der Waals surface area contributed by atoms with E-state index in [2.05, 4.69) is 11.8 Å². The monoisotopic (exact) mass is 240 g/mol. The van der Waals surface area contributed by atoms with Crippen molar-refractivity contribution in [1.29, 1.82) is 0 Å². The van der Waals surface area contributed by atoms with Crippen LogP contribution in [-0.2, 0) is 4.74 Å². The predicted molar refractivity (Wildman–Crippen MR) is 68.8 cm³/mol. The molecule has 0 aliphatic heterocycles. The molecule has 0 saturated carbocycles. The van der Waals surface area contributed by atoms with Gasteiger partial charge in [0, 0.05) is 31.9 Å². The molecule has 1 atom stereocenters. The molecule has 0 heterocycles. The molecule has 0 aliphatic carbocycles. The molecule has 0 aliphatic rings. The molecule has 0 saturated heterocycles. The van der Waals surface area contributed by atoms with Gasteiger partial charge in [-0.25, -0.2) is 4.39 Å². The highest BCUT2D eigenvalue weighted by Crippen LogP contribution is 2.26. The number of methoxy groups -OCH3 is 1. The molecule has 0 amide bonds. The minimum absolute atomic E-state index is 0.183. The first-order valence-electron chi connectivity index (χ1n) is 5.89. The Hall–Kier alpha value is -1.13. The summed E-state index contributed by atoms with van der Waals surface area (Å²) in [5.41, 5.74) is 7.70. The van der Waals surface area contributed by atoms with Gasteiger partial charge < -0.3 is 15.4 Å². The van der Waals surface area contributed by atoms with Crippen molar-refractivity contribution >= 4 is 5.69 Å². The maximum atomic E-state index is 13.2. The van der Waals surface area contributed by atoms with E-state index < -0.39 is 0 Å². The second-order valence-electron chi connectivity index (χ2n) is 4.06. The molecule has 4 heteroatoms. The van der Waals surface area contributed by atoms with Crippen molar-refractivity contribution in [1.82, 2.24) is 0 Å². The third-order valence-corrected chi connectivity index (χ3v) is 2.77. The van der Waals surface area contributed by atoms with Crippen LogP contribution in [0.25, 0.3) is 0 Å². The summed E-state index contributed by atoms with van der Waals surface area (Å²) in [6, 6.07) is 4.58. The summed E-state index contributed by atoms with van der Waals surface area (Å²) in [6.45, 7) is 6.18. The number of rotatable bonds is 6. The van der Waals surface area contributed by atoms with E-state index >= 15 is 0 Å². The van der Waals surface area contributed by atoms with E-state index in [1.807, 2.05) is 6.92 Å². The summed E-state index contributed by atoms with van der Waals surface area (Å²) in [4.78, 5) is 2.14. The summed E-state index contributed by atoms with van der Waals surface area (Å²) in [6.07, 6.45) is 0. The molecule has 0 radical (unpaired) electrons. The van der Waals surface area contributed by atoms with Crippen molar-refractivity contribution in [3.05, 3.63) is 29.6 Å². The van der Waals surface area contributed by atoms with Crippen LogP contribution in [0, 0.1) is 5.82 Å². The number of halogens is 1. The number of benzene rings is 1. The number of ether oxygens (including phenoxy) is 1. The topological polar surface area (TPSA) is 38.5 Å². The highest BCUT2D eigenvalue weighted by atomic mass is 19.1. The number of hydrogen-bond acceptors (Lipinski definition) is 3. The molecule has 96 valence electrons. The molecule has 0 bridgehead atoms. The molecule has 0 aromatic heterocycles. The van der Waals surface area contributed by atoms with Gasteiger partial charge in [0.15, 0.2) is 0 Å². The molecule has 3 nitrogen and oxygen atoms in total. The van der Waals surface area contributed by atoms with Crippen LogP contribution in [0.4, 0.5) is 10.1 Å². The first-order valence-corrected chi connectivity index (χ1v) is 5.89. The van der Waals surface area contributed by atoms with Crippen LogP contribution < -0.4 is 10.6 Å². The molecule has 1 rings (SSSR count). The quantitative estimate of drug-likeness (QED) is 0.829. The van der Waals surface area contributed by atoms with Crippen molar-refractivity contribution in [3.8, 4) is 0 Å². The van der Waals surface area contributed by atoms with Crippen molar-refractivity contribution in [3.63, 3.8) is 0 Å². The molecular formula is C13H21FN2O. The van der Waals surface area contributed by atoms with Gasteiger partial charge in [0.1, 0.15) is 5.82 Å². The molecule has 2 N–H and O–H groups in total. The van der Waals surface area contributed by atoms with Crippen molar-refractivity contribution in [2.75, 3.05) is 31.7 Å². The Bertz CT molecular complexity index is 355. The van der Waals surface area contributed by atoms with Crippen LogP contribution in [0.15, 0.2) is 18.2 Å². The average Bonchev–Trinajstić information content (AvgIpc) is 2.31. The SMILES string of the molecule is CCN(CCOC)c1ccc(F)cc1[C@@H](C)N. The maximum absolute atomic E-state index is 13.2. The smallest absolute Gasteiger partial charge is 0.123 e. The molecule has 17 heavy (non-hydrogen) atoms. The third-order valence-electron chi connectivity index (χ3n) is 2.77. The van der Waals surface area contributed by atoms with E-state index in [1.54, 1.807) is 13.2 Å². The maximum Gasteiger partial charge on any atom is 0.123 e. The van der Waals surface area contributed by atoms with Crippen LogP contribution in [0.2, 0.25) is 0 Å². The lowest BCUT2D eigenvalue weighted by atomic mass is 10.1. The fourth-order valence-corrected chi connectivity index (χ4v) is 1.83. The van der Waals surface area contributed by atoms with Gasteiger partial charge in [0.25, 0.3) is 0 Å². The number of nitrogens with two attached hydrogens (primary N) is 1. The zero-order valence-corrected chi connectivity index (χ0v) is 10.7. The predicted octanol–water partition coefficient (Wildman–Crippen LogP) is 2.32. The molecule has 1 aromatic carbocycles. The van der Waals surface area contributed by atoms with Crippen molar-refractivity contribution in [2.45, 2.75) is 19.9 Å². The Morgan fingerprint density at radius 3 is 2.71 bits per heavy atom. The zero-order chi connectivity index (χ0) is 12.8. The van der Waals surface area contributed by atoms with Crippen molar-refractivity contribution < 1.29 is 9.13 Å². The first kappa shape index (κ1) is 13.9. The molecule has 0 unspecified atom stereocenters.